The molecule has 0 aromatic heterocycles. The number of benzene rings is 1. The molecule has 0 heterocycles. The second kappa shape index (κ2) is 6.85. The number of carboxylic acids is 1. The molecule has 0 radical (unpaired) electrons. The highest BCUT2D eigenvalue weighted by Gasteiger charge is 2.18. The summed E-state index contributed by atoms with van der Waals surface area (Å²) in [4.78, 5) is 20.9. The van der Waals surface area contributed by atoms with Gasteiger partial charge in [-0.1, -0.05) is 6.92 Å². The molecule has 6 nitrogen and oxygen atoms in total. The number of carbonyl (C=O) groups is 1. The van der Waals surface area contributed by atoms with Gasteiger partial charge in [-0.25, -0.2) is 4.79 Å². The van der Waals surface area contributed by atoms with Crippen LogP contribution >= 0.6 is 11.8 Å². The van der Waals surface area contributed by atoms with E-state index in [1.807, 2.05) is 6.92 Å². The summed E-state index contributed by atoms with van der Waals surface area (Å²) in [7, 11) is 0. The van der Waals surface area contributed by atoms with Crippen molar-refractivity contribution in [2.45, 2.75) is 6.92 Å². The van der Waals surface area contributed by atoms with E-state index >= 15 is 0 Å². The number of nitrogens with zero attached hydrogens (tertiary/aromatic N) is 1. The standard InChI is InChI=1S/C11H13NO5S/c1-2-18-6-5-17-10-4-3-8(11(13)14)7-9(10)12(15)16/h3-4,7H,2,5-6H2,1H3,(H,13,14). The Morgan fingerprint density at radius 2 is 2.28 bits per heavy atom. The van der Waals surface area contributed by atoms with Crippen LogP contribution in [0.3, 0.4) is 0 Å². The van der Waals surface area contributed by atoms with Crippen LogP contribution in [0.15, 0.2) is 18.2 Å². The lowest BCUT2D eigenvalue weighted by molar-refractivity contribution is -0.385. The van der Waals surface area contributed by atoms with Crippen molar-refractivity contribution in [1.29, 1.82) is 0 Å². The molecule has 0 saturated heterocycles. The van der Waals surface area contributed by atoms with Gasteiger partial charge in [0.15, 0.2) is 5.75 Å². The van der Waals surface area contributed by atoms with Gasteiger partial charge in [0.25, 0.3) is 0 Å². The molecule has 98 valence electrons. The number of hydrogen-bond acceptors (Lipinski definition) is 5. The van der Waals surface area contributed by atoms with E-state index in [4.69, 9.17) is 9.84 Å². The lowest BCUT2D eigenvalue weighted by Crippen LogP contribution is -2.04. The van der Waals surface area contributed by atoms with Crippen molar-refractivity contribution >= 4 is 23.4 Å². The number of rotatable bonds is 7. The number of carboxylic acid groups (broad SMARTS) is 1. The van der Waals surface area contributed by atoms with E-state index < -0.39 is 10.9 Å². The van der Waals surface area contributed by atoms with Crippen molar-refractivity contribution in [2.24, 2.45) is 0 Å². The fraction of sp³-hybridized carbons (Fsp3) is 0.364. The molecule has 0 fully saturated rings. The number of thioether (sulfide) groups is 1. The Bertz CT molecular complexity index is 449. The van der Waals surface area contributed by atoms with Crippen LogP contribution in [0.25, 0.3) is 0 Å². The van der Waals surface area contributed by atoms with Gasteiger partial charge in [0, 0.05) is 11.8 Å². The van der Waals surface area contributed by atoms with Crippen molar-refractivity contribution in [3.05, 3.63) is 33.9 Å². The molecule has 0 saturated carbocycles. The van der Waals surface area contributed by atoms with E-state index in [1.54, 1.807) is 11.8 Å². The highest BCUT2D eigenvalue weighted by atomic mass is 32.2. The molecule has 0 atom stereocenters. The maximum Gasteiger partial charge on any atom is 0.335 e. The van der Waals surface area contributed by atoms with Crippen molar-refractivity contribution in [1.82, 2.24) is 0 Å². The maximum atomic E-state index is 10.8. The van der Waals surface area contributed by atoms with Crippen LogP contribution in [-0.2, 0) is 0 Å². The molecule has 18 heavy (non-hydrogen) atoms. The number of aromatic carboxylic acids is 1. The molecule has 7 heteroatoms. The molecule has 0 aliphatic carbocycles. The van der Waals surface area contributed by atoms with Crippen LogP contribution < -0.4 is 4.74 Å². The minimum absolute atomic E-state index is 0.0988. The third kappa shape index (κ3) is 3.92. The largest absolute Gasteiger partial charge is 0.486 e. The molecule has 1 aromatic rings. The van der Waals surface area contributed by atoms with E-state index in [1.165, 1.54) is 12.1 Å². The Morgan fingerprint density at radius 3 is 2.83 bits per heavy atom. The average Bonchev–Trinajstić information content (AvgIpc) is 2.34. The first kappa shape index (κ1) is 14.3. The van der Waals surface area contributed by atoms with Gasteiger partial charge >= 0.3 is 11.7 Å². The van der Waals surface area contributed by atoms with Crippen LogP contribution in [0.5, 0.6) is 5.75 Å². The van der Waals surface area contributed by atoms with E-state index in [-0.39, 0.29) is 17.0 Å². The summed E-state index contributed by atoms with van der Waals surface area (Å²) < 4.78 is 5.28. The molecule has 0 amide bonds. The lowest BCUT2D eigenvalue weighted by atomic mass is 10.2. The van der Waals surface area contributed by atoms with E-state index in [0.717, 1.165) is 17.6 Å². The van der Waals surface area contributed by atoms with Crippen LogP contribution in [0.1, 0.15) is 17.3 Å². The third-order valence-corrected chi connectivity index (χ3v) is 2.96. The highest BCUT2D eigenvalue weighted by molar-refractivity contribution is 7.99. The molecule has 1 N–H and O–H groups in total. The van der Waals surface area contributed by atoms with Crippen LogP contribution in [0, 0.1) is 10.1 Å². The Balaban J connectivity index is 2.83. The first-order valence-electron chi connectivity index (χ1n) is 5.28. The normalized spacial score (nSPS) is 10.1. The average molecular weight is 271 g/mol. The summed E-state index contributed by atoms with van der Waals surface area (Å²) in [5, 5.41) is 19.6. The fourth-order valence-corrected chi connectivity index (χ4v) is 1.76. The van der Waals surface area contributed by atoms with Crippen molar-refractivity contribution in [3.8, 4) is 5.75 Å². The van der Waals surface area contributed by atoms with Crippen LogP contribution in [0.4, 0.5) is 5.69 Å². The van der Waals surface area contributed by atoms with Gasteiger partial charge in [0.05, 0.1) is 17.1 Å². The van der Waals surface area contributed by atoms with E-state index in [9.17, 15) is 14.9 Å². The van der Waals surface area contributed by atoms with Crippen molar-refractivity contribution < 1.29 is 19.6 Å². The van der Waals surface area contributed by atoms with Gasteiger partial charge < -0.3 is 9.84 Å². The first-order chi connectivity index (χ1) is 8.56. The van der Waals surface area contributed by atoms with E-state index in [0.29, 0.717) is 6.61 Å². The minimum Gasteiger partial charge on any atom is -0.486 e. The number of nitro groups is 1. The van der Waals surface area contributed by atoms with Gasteiger partial charge in [-0.05, 0) is 17.9 Å². The fourth-order valence-electron chi connectivity index (χ4n) is 1.27. The Kier molecular flexibility index (Phi) is 5.44. The zero-order valence-corrected chi connectivity index (χ0v) is 10.6. The molecule has 1 aromatic carbocycles. The Hall–Kier alpha value is -1.76. The molecule has 0 spiro atoms. The zero-order valence-electron chi connectivity index (χ0n) is 9.79. The minimum atomic E-state index is -1.20. The predicted octanol–water partition coefficient (Wildman–Crippen LogP) is 2.42. The second-order valence-electron chi connectivity index (χ2n) is 3.29. The molecule has 0 aliphatic heterocycles. The SMILES string of the molecule is CCSCCOc1ccc(C(=O)O)cc1[N+](=O)[O-]. The number of nitro benzene ring substituents is 1. The van der Waals surface area contributed by atoms with Crippen molar-refractivity contribution in [2.75, 3.05) is 18.1 Å². The second-order valence-corrected chi connectivity index (χ2v) is 4.68. The highest BCUT2D eigenvalue weighted by Crippen LogP contribution is 2.28. The number of hydrogen-bond donors (Lipinski definition) is 1. The number of ether oxygens (including phenoxy) is 1. The topological polar surface area (TPSA) is 89.7 Å². The first-order valence-corrected chi connectivity index (χ1v) is 6.44. The third-order valence-electron chi connectivity index (χ3n) is 2.09. The van der Waals surface area contributed by atoms with Crippen LogP contribution in [0.2, 0.25) is 0 Å². The summed E-state index contributed by atoms with van der Waals surface area (Å²) in [5.41, 5.74) is -0.451. The van der Waals surface area contributed by atoms with E-state index in [2.05, 4.69) is 0 Å². The monoisotopic (exact) mass is 271 g/mol. The molecule has 0 aliphatic rings. The predicted molar refractivity (Wildman–Crippen MR) is 68.5 cm³/mol. The summed E-state index contributed by atoms with van der Waals surface area (Å²) in [6.07, 6.45) is 0. The lowest BCUT2D eigenvalue weighted by Gasteiger charge is -2.06. The summed E-state index contributed by atoms with van der Waals surface area (Å²) >= 11 is 1.66. The summed E-state index contributed by atoms with van der Waals surface area (Å²) in [6, 6.07) is 3.61. The van der Waals surface area contributed by atoms with Gasteiger partial charge in [-0.15, -0.1) is 0 Å². The zero-order chi connectivity index (χ0) is 13.5. The summed E-state index contributed by atoms with van der Waals surface area (Å²) in [5.74, 6) is 0.575. The van der Waals surface area contributed by atoms with Crippen LogP contribution in [-0.4, -0.2) is 34.1 Å². The van der Waals surface area contributed by atoms with Gasteiger partial charge in [0.2, 0.25) is 0 Å². The molecule has 0 bridgehead atoms. The van der Waals surface area contributed by atoms with Gasteiger partial charge in [-0.3, -0.25) is 10.1 Å². The molecular formula is C11H13NO5S. The maximum absolute atomic E-state index is 10.8. The molecule has 1 rings (SSSR count). The van der Waals surface area contributed by atoms with Crippen molar-refractivity contribution in [3.63, 3.8) is 0 Å². The summed E-state index contributed by atoms with van der Waals surface area (Å²) in [6.45, 7) is 2.36. The Labute approximate surface area is 108 Å². The Morgan fingerprint density at radius 1 is 1.56 bits per heavy atom. The molecular weight excluding hydrogens is 258 g/mol. The van der Waals surface area contributed by atoms with Gasteiger partial charge in [0.1, 0.15) is 0 Å². The smallest absolute Gasteiger partial charge is 0.335 e. The molecule has 0 unspecified atom stereocenters. The van der Waals surface area contributed by atoms with Gasteiger partial charge in [-0.2, -0.15) is 11.8 Å². The quantitative estimate of drug-likeness (QED) is 0.465.